The van der Waals surface area contributed by atoms with Crippen molar-refractivity contribution in [1.82, 2.24) is 9.13 Å². The Hall–Kier alpha value is -7.30. The fraction of sp³-hybridized carbons (Fsp3) is 0.0741. The SMILES string of the molecule is C1=CC2c3cc(N(c4ccc5c(c4)oc4ccccc45)C4C=CC(c5ccc6c(c5)c5ccccc5n6-c5ccccc5)=CC4)cc4c5ccccc5n(c34)C2C=C1. The van der Waals surface area contributed by atoms with Gasteiger partial charge in [0.25, 0.3) is 0 Å². The molecule has 1 aliphatic heterocycles. The molecule has 3 unspecified atom stereocenters. The number of benzene rings is 7. The first kappa shape index (κ1) is 31.9. The highest BCUT2D eigenvalue weighted by Crippen LogP contribution is 2.51. The first-order chi connectivity index (χ1) is 28.8. The van der Waals surface area contributed by atoms with E-state index in [9.17, 15) is 0 Å². The third kappa shape index (κ3) is 4.51. The van der Waals surface area contributed by atoms with Crippen LogP contribution in [0, 0.1) is 0 Å². The summed E-state index contributed by atoms with van der Waals surface area (Å²) in [5.74, 6) is 0.294. The Morgan fingerprint density at radius 2 is 1.28 bits per heavy atom. The third-order valence-electron chi connectivity index (χ3n) is 12.9. The van der Waals surface area contributed by atoms with E-state index in [4.69, 9.17) is 4.42 Å². The lowest BCUT2D eigenvalue weighted by Crippen LogP contribution is -2.30. The average Bonchev–Trinajstić information content (AvgIpc) is 4.02. The zero-order chi connectivity index (χ0) is 37.9. The van der Waals surface area contributed by atoms with Crippen molar-refractivity contribution >= 4 is 82.5 Å². The van der Waals surface area contributed by atoms with Gasteiger partial charge in [-0.25, -0.2) is 0 Å². The first-order valence-electron chi connectivity index (χ1n) is 20.4. The number of para-hydroxylation sites is 4. The maximum atomic E-state index is 6.50. The maximum absolute atomic E-state index is 6.50. The molecule has 0 saturated heterocycles. The number of hydrogen-bond donors (Lipinski definition) is 0. The molecule has 13 rings (SSSR count). The molecule has 0 N–H and O–H groups in total. The predicted molar refractivity (Wildman–Crippen MR) is 242 cm³/mol. The molecule has 4 heteroatoms. The van der Waals surface area contributed by atoms with Crippen molar-refractivity contribution in [2.75, 3.05) is 4.90 Å². The molecule has 3 aromatic heterocycles. The third-order valence-corrected chi connectivity index (χ3v) is 12.9. The van der Waals surface area contributed by atoms with Gasteiger partial charge in [-0.15, -0.1) is 0 Å². The van der Waals surface area contributed by atoms with Crippen LogP contribution in [0.1, 0.15) is 29.5 Å². The number of fused-ring (bicyclic) bond motifs is 12. The van der Waals surface area contributed by atoms with E-state index in [1.54, 1.807) is 0 Å². The van der Waals surface area contributed by atoms with Crippen LogP contribution in [-0.2, 0) is 0 Å². The summed E-state index contributed by atoms with van der Waals surface area (Å²) < 4.78 is 11.5. The van der Waals surface area contributed by atoms with Gasteiger partial charge in [-0.1, -0.05) is 121 Å². The molecule has 2 aliphatic carbocycles. The van der Waals surface area contributed by atoms with Crippen molar-refractivity contribution < 1.29 is 4.42 Å². The van der Waals surface area contributed by atoms with Gasteiger partial charge in [0.05, 0.1) is 28.6 Å². The molecule has 3 aliphatic rings. The van der Waals surface area contributed by atoms with E-state index in [0.29, 0.717) is 5.92 Å². The van der Waals surface area contributed by atoms with Crippen LogP contribution in [0.4, 0.5) is 11.4 Å². The van der Waals surface area contributed by atoms with E-state index in [-0.39, 0.29) is 12.1 Å². The lowest BCUT2D eigenvalue weighted by molar-refractivity contribution is 0.615. The lowest BCUT2D eigenvalue weighted by atomic mass is 9.89. The van der Waals surface area contributed by atoms with Crippen LogP contribution in [0.3, 0.4) is 0 Å². The van der Waals surface area contributed by atoms with Gasteiger partial charge in [0.15, 0.2) is 0 Å². The van der Waals surface area contributed by atoms with Crippen LogP contribution >= 0.6 is 0 Å². The fourth-order valence-electron chi connectivity index (χ4n) is 10.4. The van der Waals surface area contributed by atoms with Crippen molar-refractivity contribution in [3.8, 4) is 5.69 Å². The lowest BCUT2D eigenvalue weighted by Gasteiger charge is -2.34. The topological polar surface area (TPSA) is 26.2 Å². The molecule has 10 aromatic rings. The highest BCUT2D eigenvalue weighted by atomic mass is 16.3. The standard InChI is InChI=1S/C54H37N3O/c1-2-12-36(13-3-1)56-48-18-8-4-14-40(48)45-30-35(24-29-51(45)56)34-22-25-37(26-23-34)55(38-27-28-44-43-17-7-11-21-52(43)58-53(44)33-38)39-31-46-41-15-5-9-19-49(41)57-50-20-10-6-16-42(50)47(32-39)54(46)57/h1-25,27-33,37,41,49H,26H2. The van der Waals surface area contributed by atoms with Gasteiger partial charge in [0.2, 0.25) is 0 Å². The van der Waals surface area contributed by atoms with Crippen LogP contribution in [-0.4, -0.2) is 15.2 Å². The summed E-state index contributed by atoms with van der Waals surface area (Å²) >= 11 is 0. The number of nitrogens with zero attached hydrogens (tertiary/aromatic N) is 3. The van der Waals surface area contributed by atoms with Gasteiger partial charge in [0, 0.05) is 66.9 Å². The van der Waals surface area contributed by atoms with E-state index in [1.165, 1.54) is 71.7 Å². The molecular formula is C54H37N3O. The fourth-order valence-corrected chi connectivity index (χ4v) is 10.4. The molecule has 7 aromatic carbocycles. The van der Waals surface area contributed by atoms with Gasteiger partial charge in [-0.2, -0.15) is 0 Å². The van der Waals surface area contributed by atoms with Crippen LogP contribution in [0.5, 0.6) is 0 Å². The second-order valence-electron chi connectivity index (χ2n) is 16.0. The van der Waals surface area contributed by atoms with E-state index < -0.39 is 0 Å². The smallest absolute Gasteiger partial charge is 0.137 e. The Morgan fingerprint density at radius 3 is 2.14 bits per heavy atom. The molecule has 0 saturated carbocycles. The zero-order valence-electron chi connectivity index (χ0n) is 31.7. The summed E-state index contributed by atoms with van der Waals surface area (Å²) in [6.07, 6.45) is 17.2. The van der Waals surface area contributed by atoms with E-state index in [2.05, 4.69) is 202 Å². The number of allylic oxidation sites excluding steroid dienone is 6. The summed E-state index contributed by atoms with van der Waals surface area (Å²) in [6.45, 7) is 0. The summed E-state index contributed by atoms with van der Waals surface area (Å²) in [4.78, 5) is 2.55. The highest BCUT2D eigenvalue weighted by molar-refractivity contribution is 6.13. The van der Waals surface area contributed by atoms with E-state index >= 15 is 0 Å². The second-order valence-corrected chi connectivity index (χ2v) is 16.0. The summed E-state index contributed by atoms with van der Waals surface area (Å²) in [6, 6.07) is 55.7. The van der Waals surface area contributed by atoms with Gasteiger partial charge < -0.3 is 18.5 Å². The minimum Gasteiger partial charge on any atom is -0.456 e. The number of rotatable bonds is 5. The van der Waals surface area contributed by atoms with Gasteiger partial charge in [0.1, 0.15) is 11.2 Å². The van der Waals surface area contributed by atoms with Crippen molar-refractivity contribution in [2.45, 2.75) is 24.4 Å². The average molecular weight is 744 g/mol. The number of hydrogen-bond acceptors (Lipinski definition) is 2. The number of anilines is 2. The molecule has 4 heterocycles. The zero-order valence-corrected chi connectivity index (χ0v) is 31.7. The largest absolute Gasteiger partial charge is 0.456 e. The second kappa shape index (κ2) is 12.1. The van der Waals surface area contributed by atoms with Crippen LogP contribution in [0.2, 0.25) is 0 Å². The van der Waals surface area contributed by atoms with Crippen molar-refractivity contribution in [3.63, 3.8) is 0 Å². The van der Waals surface area contributed by atoms with E-state index in [0.717, 1.165) is 34.0 Å². The number of furan rings is 1. The van der Waals surface area contributed by atoms with Gasteiger partial charge in [-0.05, 0) is 89.9 Å². The summed E-state index contributed by atoms with van der Waals surface area (Å²) in [5, 5.41) is 7.45. The van der Waals surface area contributed by atoms with Crippen molar-refractivity contribution in [2.24, 2.45) is 0 Å². The molecule has 4 nitrogen and oxygen atoms in total. The Kier molecular flexibility index (Phi) is 6.65. The highest BCUT2D eigenvalue weighted by Gasteiger charge is 2.36. The van der Waals surface area contributed by atoms with Crippen LogP contribution < -0.4 is 4.90 Å². The minimum absolute atomic E-state index is 0.0892. The van der Waals surface area contributed by atoms with E-state index in [1.807, 2.05) is 6.07 Å². The Morgan fingerprint density at radius 1 is 0.534 bits per heavy atom. The minimum atomic E-state index is 0.0892. The predicted octanol–water partition coefficient (Wildman–Crippen LogP) is 14.1. The summed E-state index contributed by atoms with van der Waals surface area (Å²) in [7, 11) is 0. The molecule has 0 radical (unpaired) electrons. The molecule has 0 spiro atoms. The molecule has 0 fully saturated rings. The number of aromatic nitrogens is 2. The quantitative estimate of drug-likeness (QED) is 0.175. The molecule has 3 atom stereocenters. The molecular weight excluding hydrogens is 707 g/mol. The normalized spacial score (nSPS) is 18.3. The Balaban J connectivity index is 0.949. The Bertz CT molecular complexity index is 3460. The summed E-state index contributed by atoms with van der Waals surface area (Å²) in [5.41, 5.74) is 14.3. The molecule has 58 heavy (non-hydrogen) atoms. The molecule has 274 valence electrons. The van der Waals surface area contributed by atoms with Gasteiger partial charge >= 0.3 is 0 Å². The van der Waals surface area contributed by atoms with Crippen LogP contribution in [0.15, 0.2) is 199 Å². The van der Waals surface area contributed by atoms with Gasteiger partial charge in [-0.3, -0.25) is 0 Å². The first-order valence-corrected chi connectivity index (χ1v) is 20.4. The monoisotopic (exact) mass is 743 g/mol. The Labute approximate surface area is 335 Å². The molecule has 0 bridgehead atoms. The molecule has 0 amide bonds. The maximum Gasteiger partial charge on any atom is 0.137 e. The van der Waals surface area contributed by atoms with Crippen molar-refractivity contribution in [3.05, 3.63) is 205 Å². The van der Waals surface area contributed by atoms with Crippen LogP contribution in [0.25, 0.3) is 76.8 Å². The van der Waals surface area contributed by atoms with Crippen molar-refractivity contribution in [1.29, 1.82) is 0 Å².